The SMILES string of the molecule is Cc1cc(C)c(NC(=O)CNC(=O)CCNC(=O)c2ccccc2)c(C)c1. The van der Waals surface area contributed by atoms with E-state index >= 15 is 0 Å². The van der Waals surface area contributed by atoms with Crippen LogP contribution in [0.2, 0.25) is 0 Å². The highest BCUT2D eigenvalue weighted by Crippen LogP contribution is 2.21. The molecule has 2 aromatic rings. The van der Waals surface area contributed by atoms with Crippen molar-refractivity contribution < 1.29 is 14.4 Å². The summed E-state index contributed by atoms with van der Waals surface area (Å²) in [6, 6.07) is 12.8. The van der Waals surface area contributed by atoms with Gasteiger partial charge in [-0.05, 0) is 44.0 Å². The number of benzene rings is 2. The predicted molar refractivity (Wildman–Crippen MR) is 106 cm³/mol. The molecule has 2 rings (SSSR count). The van der Waals surface area contributed by atoms with E-state index in [-0.39, 0.29) is 37.2 Å². The van der Waals surface area contributed by atoms with Crippen LogP contribution in [0.3, 0.4) is 0 Å². The molecule has 0 aliphatic rings. The first-order valence-electron chi connectivity index (χ1n) is 8.84. The third kappa shape index (κ3) is 6.26. The van der Waals surface area contributed by atoms with E-state index in [0.29, 0.717) is 5.56 Å². The molecule has 3 N–H and O–H groups in total. The monoisotopic (exact) mass is 367 g/mol. The highest BCUT2D eigenvalue weighted by Gasteiger charge is 2.10. The number of carbonyl (C=O) groups excluding carboxylic acids is 3. The highest BCUT2D eigenvalue weighted by molar-refractivity contribution is 5.96. The van der Waals surface area contributed by atoms with Crippen LogP contribution in [0.5, 0.6) is 0 Å². The topological polar surface area (TPSA) is 87.3 Å². The van der Waals surface area contributed by atoms with Crippen molar-refractivity contribution in [2.24, 2.45) is 0 Å². The maximum Gasteiger partial charge on any atom is 0.251 e. The van der Waals surface area contributed by atoms with Crippen LogP contribution in [0, 0.1) is 20.8 Å². The summed E-state index contributed by atoms with van der Waals surface area (Å²) in [6.45, 7) is 5.96. The van der Waals surface area contributed by atoms with E-state index < -0.39 is 0 Å². The zero-order chi connectivity index (χ0) is 19.8. The fourth-order valence-electron chi connectivity index (χ4n) is 2.81. The first-order chi connectivity index (χ1) is 12.9. The lowest BCUT2D eigenvalue weighted by atomic mass is 10.1. The molecule has 0 aromatic heterocycles. The molecule has 27 heavy (non-hydrogen) atoms. The summed E-state index contributed by atoms with van der Waals surface area (Å²) in [5, 5.41) is 8.07. The van der Waals surface area contributed by atoms with E-state index in [2.05, 4.69) is 16.0 Å². The van der Waals surface area contributed by atoms with Gasteiger partial charge in [-0.1, -0.05) is 35.9 Å². The summed E-state index contributed by atoms with van der Waals surface area (Å²) >= 11 is 0. The van der Waals surface area contributed by atoms with Crippen molar-refractivity contribution in [2.45, 2.75) is 27.2 Å². The van der Waals surface area contributed by atoms with Crippen molar-refractivity contribution >= 4 is 23.4 Å². The number of amides is 3. The van der Waals surface area contributed by atoms with Crippen molar-refractivity contribution in [3.05, 3.63) is 64.7 Å². The predicted octanol–water partition coefficient (Wildman–Crippen LogP) is 2.49. The molecule has 3 amide bonds. The Kier molecular flexibility index (Phi) is 7.11. The largest absolute Gasteiger partial charge is 0.352 e. The lowest BCUT2D eigenvalue weighted by Gasteiger charge is -2.13. The number of nitrogens with one attached hydrogen (secondary N) is 3. The third-order valence-electron chi connectivity index (χ3n) is 4.06. The average molecular weight is 367 g/mol. The second-order valence-electron chi connectivity index (χ2n) is 6.47. The molecule has 0 aliphatic carbocycles. The standard InChI is InChI=1S/C21H25N3O3/c1-14-11-15(2)20(16(3)12-14)24-19(26)13-23-18(25)9-10-22-21(27)17-7-5-4-6-8-17/h4-8,11-12H,9-10,13H2,1-3H3,(H,22,27)(H,23,25)(H,24,26). The Morgan fingerprint density at radius 2 is 1.48 bits per heavy atom. The molecular formula is C21H25N3O3. The fraction of sp³-hybridized carbons (Fsp3) is 0.286. The normalized spacial score (nSPS) is 10.2. The van der Waals surface area contributed by atoms with Crippen LogP contribution in [0.25, 0.3) is 0 Å². The Labute approximate surface area is 159 Å². The van der Waals surface area contributed by atoms with Crippen molar-refractivity contribution in [1.82, 2.24) is 10.6 Å². The molecule has 0 aliphatic heterocycles. The zero-order valence-corrected chi connectivity index (χ0v) is 15.9. The maximum absolute atomic E-state index is 12.1. The van der Waals surface area contributed by atoms with E-state index in [1.54, 1.807) is 24.3 Å². The summed E-state index contributed by atoms with van der Waals surface area (Å²) in [6.07, 6.45) is 0.106. The molecule has 0 heterocycles. The second-order valence-corrected chi connectivity index (χ2v) is 6.47. The molecule has 0 radical (unpaired) electrons. The minimum atomic E-state index is -0.295. The molecule has 6 heteroatoms. The van der Waals surface area contributed by atoms with Crippen LogP contribution in [0.1, 0.15) is 33.5 Å². The number of hydrogen-bond acceptors (Lipinski definition) is 3. The van der Waals surface area contributed by atoms with E-state index in [9.17, 15) is 14.4 Å². The minimum Gasteiger partial charge on any atom is -0.352 e. The third-order valence-corrected chi connectivity index (χ3v) is 4.06. The van der Waals surface area contributed by atoms with Crippen LogP contribution < -0.4 is 16.0 Å². The van der Waals surface area contributed by atoms with Crippen molar-refractivity contribution in [2.75, 3.05) is 18.4 Å². The van der Waals surface area contributed by atoms with E-state index in [1.165, 1.54) is 0 Å². The average Bonchev–Trinajstić information content (AvgIpc) is 2.63. The molecular weight excluding hydrogens is 342 g/mol. The van der Waals surface area contributed by atoms with Gasteiger partial charge in [-0.25, -0.2) is 0 Å². The van der Waals surface area contributed by atoms with Crippen LogP contribution in [0.4, 0.5) is 5.69 Å². The fourth-order valence-corrected chi connectivity index (χ4v) is 2.81. The van der Waals surface area contributed by atoms with Gasteiger partial charge in [0.15, 0.2) is 0 Å². The molecule has 0 saturated carbocycles. The molecule has 6 nitrogen and oxygen atoms in total. The van der Waals surface area contributed by atoms with E-state index in [4.69, 9.17) is 0 Å². The quantitative estimate of drug-likeness (QED) is 0.703. The van der Waals surface area contributed by atoms with Crippen LogP contribution in [-0.4, -0.2) is 30.8 Å². The Morgan fingerprint density at radius 1 is 0.852 bits per heavy atom. The Morgan fingerprint density at radius 3 is 2.11 bits per heavy atom. The molecule has 142 valence electrons. The molecule has 0 unspecified atom stereocenters. The lowest BCUT2D eigenvalue weighted by molar-refractivity contribution is -0.124. The Hall–Kier alpha value is -3.15. The first-order valence-corrected chi connectivity index (χ1v) is 8.84. The van der Waals surface area contributed by atoms with Gasteiger partial charge in [-0.2, -0.15) is 0 Å². The number of anilines is 1. The smallest absolute Gasteiger partial charge is 0.251 e. The van der Waals surface area contributed by atoms with Crippen molar-refractivity contribution in [1.29, 1.82) is 0 Å². The second kappa shape index (κ2) is 9.52. The number of aryl methyl sites for hydroxylation is 3. The molecule has 0 atom stereocenters. The van der Waals surface area contributed by atoms with Crippen molar-refractivity contribution in [3.63, 3.8) is 0 Å². The van der Waals surface area contributed by atoms with Crippen molar-refractivity contribution in [3.8, 4) is 0 Å². The van der Waals surface area contributed by atoms with Gasteiger partial charge in [-0.3, -0.25) is 14.4 Å². The Bertz CT molecular complexity index is 809. The molecule has 0 bridgehead atoms. The summed E-state index contributed by atoms with van der Waals surface area (Å²) in [7, 11) is 0. The van der Waals surface area contributed by atoms with Gasteiger partial charge in [-0.15, -0.1) is 0 Å². The number of carbonyl (C=O) groups is 3. The minimum absolute atomic E-state index is 0.106. The van der Waals surface area contributed by atoms with Gasteiger partial charge >= 0.3 is 0 Å². The van der Waals surface area contributed by atoms with E-state index in [1.807, 2.05) is 39.0 Å². The van der Waals surface area contributed by atoms with Gasteiger partial charge in [0.1, 0.15) is 0 Å². The van der Waals surface area contributed by atoms with Gasteiger partial charge in [0, 0.05) is 24.2 Å². The van der Waals surface area contributed by atoms with Gasteiger partial charge in [0.25, 0.3) is 5.91 Å². The van der Waals surface area contributed by atoms with Crippen LogP contribution in [-0.2, 0) is 9.59 Å². The molecule has 2 aromatic carbocycles. The first kappa shape index (κ1) is 20.2. The highest BCUT2D eigenvalue weighted by atomic mass is 16.2. The van der Waals surface area contributed by atoms with Gasteiger partial charge in [0.2, 0.25) is 11.8 Å². The maximum atomic E-state index is 12.1. The molecule has 0 saturated heterocycles. The van der Waals surface area contributed by atoms with Gasteiger partial charge in [0.05, 0.1) is 6.54 Å². The Balaban J connectivity index is 1.72. The summed E-state index contributed by atoms with van der Waals surface area (Å²) in [4.78, 5) is 35.8. The van der Waals surface area contributed by atoms with E-state index in [0.717, 1.165) is 22.4 Å². The van der Waals surface area contributed by atoms with Crippen LogP contribution >= 0.6 is 0 Å². The molecule has 0 fully saturated rings. The lowest BCUT2D eigenvalue weighted by Crippen LogP contribution is -2.35. The number of rotatable bonds is 7. The summed E-state index contributed by atoms with van der Waals surface area (Å²) < 4.78 is 0. The number of hydrogen-bond donors (Lipinski definition) is 3. The molecule has 0 spiro atoms. The van der Waals surface area contributed by atoms with Gasteiger partial charge < -0.3 is 16.0 Å². The van der Waals surface area contributed by atoms with Crippen LogP contribution in [0.15, 0.2) is 42.5 Å². The summed E-state index contributed by atoms with van der Waals surface area (Å²) in [5.74, 6) is -0.811. The zero-order valence-electron chi connectivity index (χ0n) is 15.9. The summed E-state index contributed by atoms with van der Waals surface area (Å²) in [5.41, 5.74) is 4.41.